The summed E-state index contributed by atoms with van der Waals surface area (Å²) in [5.74, 6) is -1.75. The van der Waals surface area contributed by atoms with E-state index in [1.165, 1.54) is 25.2 Å². The zero-order chi connectivity index (χ0) is 15.4. The van der Waals surface area contributed by atoms with Gasteiger partial charge < -0.3 is 10.0 Å². The maximum absolute atomic E-state index is 12.0. The lowest BCUT2D eigenvalue weighted by Crippen LogP contribution is -2.31. The molecule has 0 aliphatic carbocycles. The molecule has 1 aromatic rings. The average Bonchev–Trinajstić information content (AvgIpc) is 2.36. The Hall–Kier alpha value is -2.44. The molecule has 0 bridgehead atoms. The number of likely N-dealkylation sites (N-methyl/N-ethyl adjacent to an activating group) is 1. The molecule has 0 aromatic heterocycles. The molecule has 0 aliphatic heterocycles. The van der Waals surface area contributed by atoms with E-state index in [0.29, 0.717) is 5.56 Å². The van der Waals surface area contributed by atoms with Crippen molar-refractivity contribution in [3.05, 3.63) is 39.4 Å². The standard InChI is InChI=1S/C13H16N2O5/c1-8(2)10-5-4-9(6-11(10)15(19)20)13(18)14(3)7-12(16)17/h4-6,8H,7H2,1-3H3,(H,16,17). The first-order chi connectivity index (χ1) is 9.23. The number of hydrogen-bond donors (Lipinski definition) is 1. The SMILES string of the molecule is CC(C)c1ccc(C(=O)N(C)CC(=O)O)cc1[N+](=O)[O-]. The largest absolute Gasteiger partial charge is 0.480 e. The van der Waals surface area contributed by atoms with E-state index in [9.17, 15) is 19.7 Å². The number of nitrogens with zero attached hydrogens (tertiary/aromatic N) is 2. The lowest BCUT2D eigenvalue weighted by molar-refractivity contribution is -0.385. The molecule has 0 unspecified atom stereocenters. The van der Waals surface area contributed by atoms with Gasteiger partial charge in [-0.1, -0.05) is 19.9 Å². The normalized spacial score (nSPS) is 10.4. The molecule has 0 aliphatic rings. The van der Waals surface area contributed by atoms with Crippen LogP contribution in [0.25, 0.3) is 0 Å². The maximum Gasteiger partial charge on any atom is 0.323 e. The number of benzene rings is 1. The number of carboxylic acid groups (broad SMARTS) is 1. The molecule has 0 fully saturated rings. The first-order valence-electron chi connectivity index (χ1n) is 5.99. The minimum Gasteiger partial charge on any atom is -0.480 e. The van der Waals surface area contributed by atoms with Gasteiger partial charge in [-0.2, -0.15) is 0 Å². The van der Waals surface area contributed by atoms with Crippen LogP contribution in [0.5, 0.6) is 0 Å². The molecular formula is C13H16N2O5. The number of carbonyl (C=O) groups excluding carboxylic acids is 1. The predicted octanol–water partition coefficient (Wildman–Crippen LogP) is 1.87. The van der Waals surface area contributed by atoms with Crippen molar-refractivity contribution in [3.8, 4) is 0 Å². The van der Waals surface area contributed by atoms with Crippen LogP contribution in [0.3, 0.4) is 0 Å². The summed E-state index contributed by atoms with van der Waals surface area (Å²) >= 11 is 0. The summed E-state index contributed by atoms with van der Waals surface area (Å²) in [5.41, 5.74) is 0.506. The van der Waals surface area contributed by atoms with Crippen LogP contribution < -0.4 is 0 Å². The average molecular weight is 280 g/mol. The van der Waals surface area contributed by atoms with E-state index < -0.39 is 23.3 Å². The second kappa shape index (κ2) is 6.14. The minimum absolute atomic E-state index is 0.0451. The molecule has 1 amide bonds. The fraction of sp³-hybridized carbons (Fsp3) is 0.385. The molecule has 0 saturated heterocycles. The fourth-order valence-electron chi connectivity index (χ4n) is 1.82. The number of rotatable bonds is 5. The fourth-order valence-corrected chi connectivity index (χ4v) is 1.82. The van der Waals surface area contributed by atoms with Crippen LogP contribution >= 0.6 is 0 Å². The summed E-state index contributed by atoms with van der Waals surface area (Å²) in [6.45, 7) is 3.18. The van der Waals surface area contributed by atoms with Gasteiger partial charge in [0.15, 0.2) is 0 Å². The van der Waals surface area contributed by atoms with Gasteiger partial charge in [0.1, 0.15) is 6.54 Å². The summed E-state index contributed by atoms with van der Waals surface area (Å²) in [7, 11) is 1.33. The molecule has 20 heavy (non-hydrogen) atoms. The Labute approximate surface area is 116 Å². The molecule has 0 heterocycles. The molecule has 1 aromatic carbocycles. The highest BCUT2D eigenvalue weighted by Crippen LogP contribution is 2.27. The smallest absolute Gasteiger partial charge is 0.323 e. The molecule has 7 nitrogen and oxygen atoms in total. The van der Waals surface area contributed by atoms with Crippen molar-refractivity contribution in [1.82, 2.24) is 4.90 Å². The van der Waals surface area contributed by atoms with Gasteiger partial charge in [0.05, 0.1) is 4.92 Å². The minimum atomic E-state index is -1.14. The first kappa shape index (κ1) is 15.6. The lowest BCUT2D eigenvalue weighted by atomic mass is 9.99. The zero-order valence-corrected chi connectivity index (χ0v) is 11.5. The third-order valence-corrected chi connectivity index (χ3v) is 2.82. The molecular weight excluding hydrogens is 264 g/mol. The van der Waals surface area contributed by atoms with E-state index >= 15 is 0 Å². The Morgan fingerprint density at radius 3 is 2.45 bits per heavy atom. The molecule has 1 rings (SSSR count). The maximum atomic E-state index is 12.0. The topological polar surface area (TPSA) is 101 Å². The molecule has 0 spiro atoms. The first-order valence-corrected chi connectivity index (χ1v) is 5.99. The van der Waals surface area contributed by atoms with Crippen LogP contribution in [-0.4, -0.2) is 40.4 Å². The van der Waals surface area contributed by atoms with Gasteiger partial charge in [-0.25, -0.2) is 0 Å². The van der Waals surface area contributed by atoms with Gasteiger partial charge in [0.2, 0.25) is 0 Å². The molecule has 0 saturated carbocycles. The van der Waals surface area contributed by atoms with Crippen molar-refractivity contribution in [1.29, 1.82) is 0 Å². The van der Waals surface area contributed by atoms with Crippen molar-refractivity contribution in [2.75, 3.05) is 13.6 Å². The van der Waals surface area contributed by atoms with E-state index in [0.717, 1.165) is 4.90 Å². The van der Waals surface area contributed by atoms with Crippen LogP contribution in [0.1, 0.15) is 35.7 Å². The summed E-state index contributed by atoms with van der Waals surface area (Å²) in [4.78, 5) is 34.0. The van der Waals surface area contributed by atoms with Gasteiger partial charge >= 0.3 is 5.97 Å². The molecule has 1 N–H and O–H groups in total. The number of nitro groups is 1. The van der Waals surface area contributed by atoms with Crippen molar-refractivity contribution in [2.24, 2.45) is 0 Å². The van der Waals surface area contributed by atoms with Crippen molar-refractivity contribution in [3.63, 3.8) is 0 Å². The summed E-state index contributed by atoms with van der Waals surface area (Å²) in [5, 5.41) is 19.7. The van der Waals surface area contributed by atoms with Crippen LogP contribution in [0.15, 0.2) is 18.2 Å². The summed E-state index contributed by atoms with van der Waals surface area (Å²) in [6, 6.07) is 4.20. The van der Waals surface area contributed by atoms with Gasteiger partial charge in [-0.3, -0.25) is 19.7 Å². The van der Waals surface area contributed by atoms with Crippen LogP contribution in [0.4, 0.5) is 5.69 Å². The number of carbonyl (C=O) groups is 2. The highest BCUT2D eigenvalue weighted by molar-refractivity contribution is 5.96. The van der Waals surface area contributed by atoms with Crippen molar-refractivity contribution < 1.29 is 19.6 Å². The summed E-state index contributed by atoms with van der Waals surface area (Å²) in [6.07, 6.45) is 0. The molecule has 7 heteroatoms. The Morgan fingerprint density at radius 2 is 2.00 bits per heavy atom. The van der Waals surface area contributed by atoms with Gasteiger partial charge in [-0.05, 0) is 12.0 Å². The molecule has 108 valence electrons. The zero-order valence-electron chi connectivity index (χ0n) is 11.5. The number of amides is 1. The highest BCUT2D eigenvalue weighted by Gasteiger charge is 2.21. The van der Waals surface area contributed by atoms with E-state index in [1.807, 2.05) is 13.8 Å². The Kier molecular flexibility index (Phi) is 4.79. The number of hydrogen-bond acceptors (Lipinski definition) is 4. The second-order valence-corrected chi connectivity index (χ2v) is 4.74. The van der Waals surface area contributed by atoms with Gasteiger partial charge in [0.25, 0.3) is 11.6 Å². The van der Waals surface area contributed by atoms with Gasteiger partial charge in [-0.15, -0.1) is 0 Å². The van der Waals surface area contributed by atoms with Gasteiger partial charge in [0, 0.05) is 24.2 Å². The molecule has 0 atom stereocenters. The lowest BCUT2D eigenvalue weighted by Gasteiger charge is -2.15. The van der Waals surface area contributed by atoms with Crippen LogP contribution in [0.2, 0.25) is 0 Å². The van der Waals surface area contributed by atoms with Crippen molar-refractivity contribution in [2.45, 2.75) is 19.8 Å². The quantitative estimate of drug-likeness (QED) is 0.655. The Balaban J connectivity index is 3.15. The van der Waals surface area contributed by atoms with Crippen LogP contribution in [-0.2, 0) is 4.79 Å². The third-order valence-electron chi connectivity index (χ3n) is 2.82. The number of aliphatic carboxylic acids is 1. The summed E-state index contributed by atoms with van der Waals surface area (Å²) < 4.78 is 0. The predicted molar refractivity (Wildman–Crippen MR) is 71.8 cm³/mol. The second-order valence-electron chi connectivity index (χ2n) is 4.74. The van der Waals surface area contributed by atoms with E-state index in [-0.39, 0.29) is 17.2 Å². The highest BCUT2D eigenvalue weighted by atomic mass is 16.6. The van der Waals surface area contributed by atoms with E-state index in [1.54, 1.807) is 0 Å². The molecule has 0 radical (unpaired) electrons. The number of carboxylic acids is 1. The van der Waals surface area contributed by atoms with Crippen LogP contribution in [0, 0.1) is 10.1 Å². The van der Waals surface area contributed by atoms with Crippen molar-refractivity contribution >= 4 is 17.6 Å². The Morgan fingerprint density at radius 1 is 1.40 bits per heavy atom. The monoisotopic (exact) mass is 280 g/mol. The third kappa shape index (κ3) is 3.53. The van der Waals surface area contributed by atoms with E-state index in [4.69, 9.17) is 5.11 Å². The van der Waals surface area contributed by atoms with E-state index in [2.05, 4.69) is 0 Å². The Bertz CT molecular complexity index is 554. The number of nitro benzene ring substituents is 1.